The van der Waals surface area contributed by atoms with E-state index in [1.165, 1.54) is 5.82 Å². The Hall–Kier alpha value is -0.510. The van der Waals surface area contributed by atoms with Crippen molar-refractivity contribution >= 4 is 7.37 Å². The first kappa shape index (κ1) is 7.60. The summed E-state index contributed by atoms with van der Waals surface area (Å²) in [7, 11) is -2.98. The molecule has 0 aromatic heterocycles. The Morgan fingerprint density at radius 1 is 1.80 bits per heavy atom. The molecule has 0 aromatic rings. The van der Waals surface area contributed by atoms with Gasteiger partial charge in [-0.1, -0.05) is 6.08 Å². The molecule has 0 saturated heterocycles. The van der Waals surface area contributed by atoms with E-state index in [2.05, 4.69) is 5.92 Å². The molecule has 54 valence electrons. The summed E-state index contributed by atoms with van der Waals surface area (Å²) in [5.41, 5.74) is 0. The van der Waals surface area contributed by atoms with E-state index in [9.17, 15) is 4.57 Å². The molecule has 0 bridgehead atoms. The van der Waals surface area contributed by atoms with E-state index in [-0.39, 0.29) is 12.1 Å². The molecule has 3 heteroatoms. The van der Waals surface area contributed by atoms with Crippen LogP contribution in [0.25, 0.3) is 0 Å². The van der Waals surface area contributed by atoms with Gasteiger partial charge in [0.15, 0.2) is 0 Å². The smallest absolute Gasteiger partial charge is 0.223 e. The van der Waals surface area contributed by atoms with Crippen LogP contribution in [0.15, 0.2) is 11.9 Å². The quantitative estimate of drug-likeness (QED) is 0.425. The number of rotatable bonds is 0. The highest BCUT2D eigenvalue weighted by Gasteiger charge is 2.22. The van der Waals surface area contributed by atoms with Crippen LogP contribution >= 0.6 is 7.37 Å². The van der Waals surface area contributed by atoms with Crippen LogP contribution in [0, 0.1) is 18.3 Å². The Morgan fingerprint density at radius 3 is 2.90 bits per heavy atom. The molecular formula is C7H9O2P. The van der Waals surface area contributed by atoms with Crippen molar-refractivity contribution in [3.05, 3.63) is 11.9 Å². The van der Waals surface area contributed by atoms with Crippen LogP contribution in [0.4, 0.5) is 0 Å². The predicted molar refractivity (Wildman–Crippen MR) is 40.8 cm³/mol. The van der Waals surface area contributed by atoms with E-state index in [1.54, 1.807) is 6.08 Å². The Labute approximate surface area is 60.4 Å². The first-order valence-corrected chi connectivity index (χ1v) is 5.01. The molecule has 0 aliphatic carbocycles. The molecule has 1 rings (SSSR count). The van der Waals surface area contributed by atoms with Crippen molar-refractivity contribution in [3.63, 3.8) is 0 Å². The highest BCUT2D eigenvalue weighted by Crippen LogP contribution is 2.47. The van der Waals surface area contributed by atoms with Crippen LogP contribution in [-0.4, -0.2) is 11.1 Å². The molecule has 1 aliphatic heterocycles. The number of hydrogen-bond acceptors (Lipinski definition) is 1. The van der Waals surface area contributed by atoms with Gasteiger partial charge in [0, 0.05) is 12.1 Å². The largest absolute Gasteiger partial charge is 0.341 e. The van der Waals surface area contributed by atoms with Gasteiger partial charge in [0.05, 0.1) is 0 Å². The molecular weight excluding hydrogens is 147 g/mol. The van der Waals surface area contributed by atoms with Gasteiger partial charge >= 0.3 is 0 Å². The minimum absolute atomic E-state index is 0.0409. The second-order valence-corrected chi connectivity index (χ2v) is 4.60. The zero-order valence-corrected chi connectivity index (χ0v) is 6.42. The molecule has 0 saturated carbocycles. The Morgan fingerprint density at radius 2 is 2.50 bits per heavy atom. The summed E-state index contributed by atoms with van der Waals surface area (Å²) >= 11 is 0. The second kappa shape index (κ2) is 2.62. The van der Waals surface area contributed by atoms with Gasteiger partial charge in [-0.15, -0.1) is 12.3 Å². The molecule has 0 amide bonds. The summed E-state index contributed by atoms with van der Waals surface area (Å²) < 4.78 is 11.0. The van der Waals surface area contributed by atoms with Crippen molar-refractivity contribution in [1.82, 2.24) is 0 Å². The summed E-state index contributed by atoms with van der Waals surface area (Å²) in [6, 6.07) is 0. The van der Waals surface area contributed by atoms with Crippen LogP contribution in [0.1, 0.15) is 6.42 Å². The summed E-state index contributed by atoms with van der Waals surface area (Å²) in [6.07, 6.45) is 7.78. The molecule has 2 unspecified atom stereocenters. The number of terminal acetylenes is 1. The van der Waals surface area contributed by atoms with Gasteiger partial charge in [-0.3, -0.25) is 4.57 Å². The van der Waals surface area contributed by atoms with E-state index < -0.39 is 7.37 Å². The molecule has 2 nitrogen and oxygen atoms in total. The summed E-state index contributed by atoms with van der Waals surface area (Å²) in [5.74, 6) is 3.81. The predicted octanol–water partition coefficient (Wildman–Crippen LogP) is 1.42. The first-order valence-electron chi connectivity index (χ1n) is 3.09. The normalized spacial score (nSPS) is 39.0. The standard InChI is InChI=1S/C7H9O2P/c1-2-7-4-3-5-10(8,9)6-7/h1,3,5,7H,4,6H2,(H,8,9). The third-order valence-corrected chi connectivity index (χ3v) is 3.12. The third-order valence-electron chi connectivity index (χ3n) is 1.48. The van der Waals surface area contributed by atoms with Crippen LogP contribution in [0.5, 0.6) is 0 Å². The second-order valence-electron chi connectivity index (χ2n) is 2.42. The minimum Gasteiger partial charge on any atom is -0.341 e. The summed E-state index contributed by atoms with van der Waals surface area (Å²) in [4.78, 5) is 9.05. The van der Waals surface area contributed by atoms with Gasteiger partial charge in [-0.25, -0.2) is 0 Å². The van der Waals surface area contributed by atoms with Gasteiger partial charge < -0.3 is 4.89 Å². The SMILES string of the molecule is C#CC1CC=CP(=O)(O)C1. The Kier molecular flexibility index (Phi) is 1.99. The summed E-state index contributed by atoms with van der Waals surface area (Å²) in [6.45, 7) is 0. The maximum absolute atomic E-state index is 11.0. The van der Waals surface area contributed by atoms with Crippen LogP contribution in [0.2, 0.25) is 0 Å². The van der Waals surface area contributed by atoms with Crippen LogP contribution < -0.4 is 0 Å². The highest BCUT2D eigenvalue weighted by atomic mass is 31.2. The van der Waals surface area contributed by atoms with Gasteiger partial charge in [-0.2, -0.15) is 0 Å². The lowest BCUT2D eigenvalue weighted by Crippen LogP contribution is -2.05. The van der Waals surface area contributed by atoms with Crippen molar-refractivity contribution in [2.45, 2.75) is 6.42 Å². The van der Waals surface area contributed by atoms with Crippen molar-refractivity contribution in [3.8, 4) is 12.3 Å². The molecule has 2 atom stereocenters. The van der Waals surface area contributed by atoms with Crippen LogP contribution in [0.3, 0.4) is 0 Å². The van der Waals surface area contributed by atoms with Crippen molar-refractivity contribution in [2.75, 3.05) is 6.16 Å². The number of allylic oxidation sites excluding steroid dienone is 1. The van der Waals surface area contributed by atoms with Crippen molar-refractivity contribution < 1.29 is 9.46 Å². The maximum atomic E-state index is 11.0. The molecule has 1 aliphatic rings. The van der Waals surface area contributed by atoms with E-state index in [1.807, 2.05) is 0 Å². The Bertz CT molecular complexity index is 236. The maximum Gasteiger partial charge on any atom is 0.223 e. The fourth-order valence-electron chi connectivity index (χ4n) is 0.962. The molecule has 0 spiro atoms. The first-order chi connectivity index (χ1) is 4.64. The number of hydrogen-bond donors (Lipinski definition) is 1. The van der Waals surface area contributed by atoms with Gasteiger partial charge in [0.1, 0.15) is 0 Å². The van der Waals surface area contributed by atoms with E-state index >= 15 is 0 Å². The zero-order valence-electron chi connectivity index (χ0n) is 5.53. The fourth-order valence-corrected chi connectivity index (χ4v) is 2.42. The van der Waals surface area contributed by atoms with Gasteiger partial charge in [0.2, 0.25) is 7.37 Å². The van der Waals surface area contributed by atoms with E-state index in [0.717, 1.165) is 6.42 Å². The molecule has 1 N–H and O–H groups in total. The molecule has 0 aromatic carbocycles. The van der Waals surface area contributed by atoms with Crippen molar-refractivity contribution in [1.29, 1.82) is 0 Å². The molecule has 1 heterocycles. The van der Waals surface area contributed by atoms with E-state index in [0.29, 0.717) is 0 Å². The van der Waals surface area contributed by atoms with Gasteiger partial charge in [0.25, 0.3) is 0 Å². The highest BCUT2D eigenvalue weighted by molar-refractivity contribution is 7.61. The minimum atomic E-state index is -2.98. The molecule has 10 heavy (non-hydrogen) atoms. The van der Waals surface area contributed by atoms with Crippen LogP contribution in [-0.2, 0) is 4.57 Å². The topological polar surface area (TPSA) is 37.3 Å². The lowest BCUT2D eigenvalue weighted by molar-refractivity contribution is 0.478. The average molecular weight is 156 g/mol. The van der Waals surface area contributed by atoms with Crippen molar-refractivity contribution in [2.24, 2.45) is 5.92 Å². The van der Waals surface area contributed by atoms with E-state index in [4.69, 9.17) is 11.3 Å². The average Bonchev–Trinajstić information content (AvgIpc) is 1.86. The monoisotopic (exact) mass is 156 g/mol. The summed E-state index contributed by atoms with van der Waals surface area (Å²) in [5, 5.41) is 0. The molecule has 0 fully saturated rings. The Balaban J connectivity index is 2.75. The van der Waals surface area contributed by atoms with Gasteiger partial charge in [-0.05, 0) is 12.2 Å². The lowest BCUT2D eigenvalue weighted by atomic mass is 10.1. The third kappa shape index (κ3) is 1.73. The lowest BCUT2D eigenvalue weighted by Gasteiger charge is -2.15. The zero-order chi connectivity index (χ0) is 7.61. The molecule has 0 radical (unpaired) electrons. The fraction of sp³-hybridized carbons (Fsp3) is 0.429.